The number of alkyl halides is 14. The van der Waals surface area contributed by atoms with E-state index in [0.29, 0.717) is 45.9 Å². The molecule has 2 N–H and O–H groups in total. The largest absolute Gasteiger partial charge is 0.512 e. The predicted octanol–water partition coefficient (Wildman–Crippen LogP) is 13.9. The number of halogens is 14. The van der Waals surface area contributed by atoms with E-state index >= 15 is 0 Å². The fraction of sp³-hybridized carbons (Fsp3) is 0.269. The van der Waals surface area contributed by atoms with Gasteiger partial charge in [-0.05, 0) is 21.5 Å². The predicted molar refractivity (Wildman–Crippen MR) is 256 cm³/mol. The number of allylic oxidation sites excluding steroid dienone is 4. The first kappa shape index (κ1) is 60.8. The molecule has 0 atom stereocenters. The van der Waals surface area contributed by atoms with Gasteiger partial charge in [-0.1, -0.05) is 139 Å². The molecule has 12 nitrogen and oxygen atoms in total. The van der Waals surface area contributed by atoms with Gasteiger partial charge in [0.05, 0.1) is 23.3 Å². The second kappa shape index (κ2) is 21.3. The van der Waals surface area contributed by atoms with Crippen molar-refractivity contribution in [1.29, 1.82) is 0 Å². The van der Waals surface area contributed by atoms with E-state index in [4.69, 9.17) is 50.1 Å². The van der Waals surface area contributed by atoms with E-state index < -0.39 is 70.0 Å². The van der Waals surface area contributed by atoms with Crippen LogP contribution in [0.4, 0.5) is 61.5 Å². The van der Waals surface area contributed by atoms with Gasteiger partial charge in [-0.3, -0.25) is 9.59 Å². The molecule has 0 radical (unpaired) electrons. The van der Waals surface area contributed by atoms with E-state index in [1.54, 1.807) is 0 Å². The number of hydrogen-bond donors (Lipinski definition) is 2. The zero-order valence-electron chi connectivity index (χ0n) is 41.5. The van der Waals surface area contributed by atoms with Crippen molar-refractivity contribution in [2.24, 2.45) is 10.8 Å². The summed E-state index contributed by atoms with van der Waals surface area (Å²) in [5, 5.41) is 21.9. The summed E-state index contributed by atoms with van der Waals surface area (Å²) < 4.78 is 172. The van der Waals surface area contributed by atoms with Crippen molar-refractivity contribution in [2.75, 3.05) is 0 Å². The van der Waals surface area contributed by atoms with E-state index in [-0.39, 0.29) is 38.0 Å². The average molecular weight is 1280 g/mol. The number of carbonyl (C=O) groups excluding carboxylic acids is 2. The van der Waals surface area contributed by atoms with Gasteiger partial charge in [-0.15, -0.1) is 0 Å². The third kappa shape index (κ3) is 11.7. The number of fused-ring (bicyclic) bond motifs is 20. The number of ketones is 2. The number of rotatable bonds is 6. The quantitative estimate of drug-likeness (QED) is 0.0697. The molecule has 7 aromatic rings. The Balaban J connectivity index is 0.000000220. The summed E-state index contributed by atoms with van der Waals surface area (Å²) in [6.45, 7) is 7.45. The molecule has 8 bridgehead atoms. The van der Waals surface area contributed by atoms with Gasteiger partial charge >= 0.3 is 36.0 Å². The summed E-state index contributed by atoms with van der Waals surface area (Å²) in [4.78, 5) is 61.0. The van der Waals surface area contributed by atoms with E-state index in [9.17, 15) is 71.1 Å². The average Bonchev–Trinajstić information content (AvgIpc) is 4.17. The summed E-state index contributed by atoms with van der Waals surface area (Å²) in [5.74, 6) is -30.5. The number of benzene rings is 4. The molecule has 0 aliphatic carbocycles. The molecular formula is C52H38F14HfN8O4-2. The second-order valence-electron chi connectivity index (χ2n) is 19.2. The van der Waals surface area contributed by atoms with Crippen molar-refractivity contribution in [2.45, 2.75) is 77.6 Å². The molecule has 3 aromatic heterocycles. The first-order valence-electron chi connectivity index (χ1n) is 22.5. The van der Waals surface area contributed by atoms with Crippen molar-refractivity contribution in [3.05, 3.63) is 121 Å². The van der Waals surface area contributed by atoms with Gasteiger partial charge in [-0.2, -0.15) is 61.5 Å². The standard InChI is InChI=1S/C32H16N8.2C10H11F7O2.Hf/c1-2-10-18-17(9-1)25-33-26(18)38-28-21-13-5-6-14-22(21)30(35-28)40-32-24-16-8-7-15-23(24)31(36-32)39-29-20-12-4-3-11-19(20)27(34-29)37-25;2*1-7(2,3)5(18)4-6(19)8(11,12)9(13,14)10(15,16)17;/h1-16H;2*4,18H,1-3H3;/q-2;;;. The summed E-state index contributed by atoms with van der Waals surface area (Å²) in [6.07, 6.45) is -13.8. The van der Waals surface area contributed by atoms with Crippen LogP contribution >= 0.6 is 0 Å². The number of carbonyl (C=O) groups is 2. The van der Waals surface area contributed by atoms with Crippen LogP contribution in [-0.2, 0) is 35.4 Å². The molecule has 414 valence electrons. The van der Waals surface area contributed by atoms with Crippen LogP contribution in [0, 0.1) is 10.8 Å². The Morgan fingerprint density at radius 1 is 0.392 bits per heavy atom. The third-order valence-corrected chi connectivity index (χ3v) is 11.5. The Morgan fingerprint density at radius 2 is 0.608 bits per heavy atom. The monoisotopic (exact) mass is 1280 g/mol. The van der Waals surface area contributed by atoms with E-state index in [0.717, 1.165) is 43.8 Å². The van der Waals surface area contributed by atoms with Gasteiger partial charge < -0.3 is 40.1 Å². The molecule has 9 rings (SSSR count). The van der Waals surface area contributed by atoms with Gasteiger partial charge in [0, 0.05) is 93.7 Å². The number of aliphatic hydroxyl groups is 2. The molecule has 0 amide bonds. The zero-order valence-corrected chi connectivity index (χ0v) is 45.1. The molecule has 2 aliphatic heterocycles. The summed E-state index contributed by atoms with van der Waals surface area (Å²) in [6, 6.07) is 31.8. The fourth-order valence-electron chi connectivity index (χ4n) is 6.99. The Labute approximate surface area is 455 Å². The van der Waals surface area contributed by atoms with Crippen molar-refractivity contribution in [3.63, 3.8) is 0 Å². The molecule has 0 saturated carbocycles. The van der Waals surface area contributed by atoms with Crippen LogP contribution < -0.4 is 9.97 Å². The minimum absolute atomic E-state index is 0. The Morgan fingerprint density at radius 3 is 0.810 bits per heavy atom. The van der Waals surface area contributed by atoms with Gasteiger partial charge in [0.2, 0.25) is 11.6 Å². The van der Waals surface area contributed by atoms with Crippen molar-refractivity contribution < 1.29 is 107 Å². The first-order chi connectivity index (χ1) is 35.9. The van der Waals surface area contributed by atoms with Gasteiger partial charge in [0.15, 0.2) is 0 Å². The maximum atomic E-state index is 12.9. The van der Waals surface area contributed by atoms with Crippen LogP contribution in [0.25, 0.3) is 89.7 Å². The topological polar surface area (TPSA) is 180 Å². The van der Waals surface area contributed by atoms with Crippen LogP contribution in [0.5, 0.6) is 0 Å². The van der Waals surface area contributed by atoms with E-state index in [1.165, 1.54) is 41.5 Å². The van der Waals surface area contributed by atoms with Crippen LogP contribution in [0.3, 0.4) is 0 Å². The van der Waals surface area contributed by atoms with Gasteiger partial charge in [-0.25, -0.2) is 9.97 Å². The van der Waals surface area contributed by atoms with E-state index in [1.807, 2.05) is 97.1 Å². The maximum absolute atomic E-state index is 12.9. The molecule has 0 saturated heterocycles. The number of aromatic nitrogens is 8. The third-order valence-electron chi connectivity index (χ3n) is 11.5. The second-order valence-corrected chi connectivity index (χ2v) is 19.2. The van der Waals surface area contributed by atoms with Gasteiger partial charge in [0.25, 0.3) is 0 Å². The minimum atomic E-state index is -6.59. The maximum Gasteiger partial charge on any atom is 0.460 e. The molecule has 27 heteroatoms. The summed E-state index contributed by atoms with van der Waals surface area (Å²) >= 11 is 0. The molecule has 0 unspecified atom stereocenters. The molecule has 0 spiro atoms. The fourth-order valence-corrected chi connectivity index (χ4v) is 6.99. The van der Waals surface area contributed by atoms with Crippen molar-refractivity contribution >= 4 is 55.7 Å². The number of hydrogen-bond acceptors (Lipinski definition) is 10. The normalized spacial score (nSPS) is 13.6. The first-order valence-corrected chi connectivity index (χ1v) is 22.5. The Kier molecular flexibility index (Phi) is 16.4. The molecular weight excluding hydrogens is 1250 g/mol. The smallest absolute Gasteiger partial charge is 0.460 e. The SMILES string of the molecule is CC(C)(C)C(O)=CC(=O)C(F)(F)C(F)(F)C(F)(F)F.CC(C)(C)C(O)=CC(=O)C(F)(F)C(F)(F)C(F)(F)F.[Hf].c1ccc2c(c1)-c1nc-2nc2[n-]c(nc3nc(nc4[n-]c(n1)c1ccccc41)-c1ccccc1-3)c1ccccc21. The zero-order chi connectivity index (χ0) is 57.9. The molecule has 79 heavy (non-hydrogen) atoms. The molecule has 5 heterocycles. The Hall–Kier alpha value is -7.45. The van der Waals surface area contributed by atoms with Crippen LogP contribution in [0.1, 0.15) is 41.5 Å². The summed E-state index contributed by atoms with van der Waals surface area (Å²) in [7, 11) is 0. The van der Waals surface area contributed by atoms with Crippen LogP contribution in [0.15, 0.2) is 121 Å². The van der Waals surface area contributed by atoms with Crippen molar-refractivity contribution in [1.82, 2.24) is 39.9 Å². The molecule has 2 aliphatic rings. The minimum Gasteiger partial charge on any atom is -0.512 e. The van der Waals surface area contributed by atoms with Crippen molar-refractivity contribution in [3.8, 4) is 45.6 Å². The molecule has 4 aromatic carbocycles. The summed E-state index contributed by atoms with van der Waals surface area (Å²) in [5.41, 5.74) is 3.28. The molecule has 0 fully saturated rings. The van der Waals surface area contributed by atoms with Crippen LogP contribution in [0.2, 0.25) is 0 Å². The van der Waals surface area contributed by atoms with E-state index in [2.05, 4.69) is 0 Å². The number of aliphatic hydroxyl groups excluding tert-OH is 2. The number of nitrogens with zero attached hydrogens (tertiary/aromatic N) is 8. The van der Waals surface area contributed by atoms with Gasteiger partial charge in [0.1, 0.15) is 11.5 Å². The Bertz CT molecular complexity index is 3350. The van der Waals surface area contributed by atoms with Crippen LogP contribution in [-0.4, -0.2) is 87.7 Å².